The molecule has 0 fully saturated rings. The normalized spacial score (nSPS) is 12.4. The molecule has 5 heteroatoms. The van der Waals surface area contributed by atoms with Gasteiger partial charge in [0.15, 0.2) is 0 Å². The third kappa shape index (κ3) is 3.11. The summed E-state index contributed by atoms with van der Waals surface area (Å²) in [5.74, 6) is -1.35. The molecule has 3 N–H and O–H groups in total. The first-order valence-electron chi connectivity index (χ1n) is 5.65. The monoisotopic (exact) mass is 327 g/mol. The van der Waals surface area contributed by atoms with Gasteiger partial charge in [-0.05, 0) is 30.3 Å². The maximum absolute atomic E-state index is 13.5. The average molecular weight is 328 g/mol. The number of halogens is 3. The lowest BCUT2D eigenvalue weighted by atomic mass is 9.99. The fourth-order valence-electron chi connectivity index (χ4n) is 1.86. The Morgan fingerprint density at radius 2 is 1.79 bits per heavy atom. The topological polar surface area (TPSA) is 46.2 Å². The Morgan fingerprint density at radius 3 is 2.42 bits per heavy atom. The number of benzene rings is 2. The van der Waals surface area contributed by atoms with Crippen molar-refractivity contribution in [3.05, 3.63) is 63.6 Å². The van der Waals surface area contributed by atoms with Crippen molar-refractivity contribution in [2.24, 2.45) is 0 Å². The Kier molecular flexibility index (Phi) is 4.17. The van der Waals surface area contributed by atoms with Gasteiger partial charge in [0.05, 0.1) is 6.10 Å². The van der Waals surface area contributed by atoms with Gasteiger partial charge in [0.2, 0.25) is 0 Å². The van der Waals surface area contributed by atoms with Crippen LogP contribution in [0.2, 0.25) is 0 Å². The van der Waals surface area contributed by atoms with Gasteiger partial charge >= 0.3 is 0 Å². The Morgan fingerprint density at radius 1 is 1.16 bits per heavy atom. The molecule has 2 aromatic rings. The molecule has 100 valence electrons. The van der Waals surface area contributed by atoms with Crippen molar-refractivity contribution >= 4 is 21.6 Å². The number of nitrogen functional groups attached to an aromatic ring is 1. The minimum Gasteiger partial charge on any atom is -0.398 e. The molecule has 0 bridgehead atoms. The van der Waals surface area contributed by atoms with Crippen molar-refractivity contribution in [3.8, 4) is 0 Å². The highest BCUT2D eigenvalue weighted by Crippen LogP contribution is 2.28. The van der Waals surface area contributed by atoms with Gasteiger partial charge in [0.1, 0.15) is 11.6 Å². The van der Waals surface area contributed by atoms with Crippen molar-refractivity contribution in [2.45, 2.75) is 12.5 Å². The predicted octanol–water partition coefficient (Wildman–Crippen LogP) is 3.59. The fraction of sp³-hybridized carbons (Fsp3) is 0.143. The lowest BCUT2D eigenvalue weighted by Crippen LogP contribution is -2.08. The van der Waals surface area contributed by atoms with Crippen molar-refractivity contribution in [3.63, 3.8) is 0 Å². The second-order valence-electron chi connectivity index (χ2n) is 4.19. The summed E-state index contributed by atoms with van der Waals surface area (Å²) < 4.78 is 27.8. The summed E-state index contributed by atoms with van der Waals surface area (Å²) in [6.07, 6.45) is -1.23. The molecule has 19 heavy (non-hydrogen) atoms. The molecule has 0 amide bonds. The lowest BCUT2D eigenvalue weighted by Gasteiger charge is -2.15. The van der Waals surface area contributed by atoms with Crippen LogP contribution in [0, 0.1) is 11.6 Å². The first-order valence-corrected chi connectivity index (χ1v) is 6.44. The minimum atomic E-state index is -1.07. The van der Waals surface area contributed by atoms with E-state index >= 15 is 0 Å². The van der Waals surface area contributed by atoms with E-state index in [1.165, 1.54) is 6.07 Å². The van der Waals surface area contributed by atoms with Crippen molar-refractivity contribution in [1.29, 1.82) is 0 Å². The van der Waals surface area contributed by atoms with Gasteiger partial charge in [-0.25, -0.2) is 8.78 Å². The van der Waals surface area contributed by atoms with Crippen LogP contribution in [0.4, 0.5) is 14.5 Å². The van der Waals surface area contributed by atoms with E-state index in [1.807, 2.05) is 0 Å². The smallest absolute Gasteiger partial charge is 0.129 e. The van der Waals surface area contributed by atoms with E-state index in [1.54, 1.807) is 18.2 Å². The number of hydrogen-bond acceptors (Lipinski definition) is 2. The molecule has 1 atom stereocenters. The van der Waals surface area contributed by atoms with Crippen LogP contribution in [0.3, 0.4) is 0 Å². The summed E-state index contributed by atoms with van der Waals surface area (Å²) in [5.41, 5.74) is 6.43. The predicted molar refractivity (Wildman–Crippen MR) is 73.6 cm³/mol. The highest BCUT2D eigenvalue weighted by Gasteiger charge is 2.17. The van der Waals surface area contributed by atoms with Crippen molar-refractivity contribution in [2.75, 3.05) is 5.73 Å². The summed E-state index contributed by atoms with van der Waals surface area (Å²) in [5, 5.41) is 10.1. The molecular weight excluding hydrogens is 316 g/mol. The minimum absolute atomic E-state index is 0.144. The maximum Gasteiger partial charge on any atom is 0.129 e. The number of anilines is 1. The molecule has 0 heterocycles. The zero-order chi connectivity index (χ0) is 14.0. The van der Waals surface area contributed by atoms with Crippen LogP contribution >= 0.6 is 15.9 Å². The number of nitrogens with two attached hydrogens (primary N) is 1. The van der Waals surface area contributed by atoms with Crippen LogP contribution in [-0.4, -0.2) is 5.11 Å². The highest BCUT2D eigenvalue weighted by atomic mass is 79.9. The molecule has 0 aliphatic rings. The second kappa shape index (κ2) is 5.67. The molecule has 0 aliphatic heterocycles. The molecule has 0 saturated heterocycles. The molecule has 0 saturated carbocycles. The van der Waals surface area contributed by atoms with E-state index in [2.05, 4.69) is 15.9 Å². The standard InChI is InChI=1S/C14H12BrF2NO/c15-8-4-5-13(18)10(6-8)14(19)7-9-11(16)2-1-3-12(9)17/h1-6,14,19H,7,18H2. The van der Waals surface area contributed by atoms with E-state index < -0.39 is 17.7 Å². The van der Waals surface area contributed by atoms with Gasteiger partial charge in [-0.3, -0.25) is 0 Å². The van der Waals surface area contributed by atoms with Gasteiger partial charge in [0.25, 0.3) is 0 Å². The number of aliphatic hydroxyl groups is 1. The largest absolute Gasteiger partial charge is 0.398 e. The Bertz CT molecular complexity index is 584. The zero-order valence-corrected chi connectivity index (χ0v) is 11.5. The number of rotatable bonds is 3. The van der Waals surface area contributed by atoms with Crippen molar-refractivity contribution < 1.29 is 13.9 Å². The van der Waals surface area contributed by atoms with Crippen LogP contribution in [-0.2, 0) is 6.42 Å². The Labute approximate surface area is 118 Å². The molecule has 0 aromatic heterocycles. The maximum atomic E-state index is 13.5. The summed E-state index contributed by atoms with van der Waals surface area (Å²) >= 11 is 3.26. The van der Waals surface area contributed by atoms with E-state index in [4.69, 9.17) is 5.73 Å². The summed E-state index contributed by atoms with van der Waals surface area (Å²) in [7, 11) is 0. The molecule has 2 nitrogen and oxygen atoms in total. The summed E-state index contributed by atoms with van der Waals surface area (Å²) in [6.45, 7) is 0. The third-order valence-corrected chi connectivity index (χ3v) is 3.36. The molecule has 2 rings (SSSR count). The second-order valence-corrected chi connectivity index (χ2v) is 5.11. The van der Waals surface area contributed by atoms with Crippen LogP contribution in [0.25, 0.3) is 0 Å². The summed E-state index contributed by atoms with van der Waals surface area (Å²) in [4.78, 5) is 0. The van der Waals surface area contributed by atoms with E-state index in [0.717, 1.165) is 16.6 Å². The molecular formula is C14H12BrF2NO. The quantitative estimate of drug-likeness (QED) is 0.846. The van der Waals surface area contributed by atoms with E-state index in [-0.39, 0.29) is 12.0 Å². The van der Waals surface area contributed by atoms with Gasteiger partial charge < -0.3 is 10.8 Å². The molecule has 0 radical (unpaired) electrons. The van der Waals surface area contributed by atoms with Gasteiger partial charge in [-0.15, -0.1) is 0 Å². The Hall–Kier alpha value is -1.46. The van der Waals surface area contributed by atoms with E-state index in [9.17, 15) is 13.9 Å². The molecule has 2 aromatic carbocycles. The fourth-order valence-corrected chi connectivity index (χ4v) is 2.24. The van der Waals surface area contributed by atoms with Crippen LogP contribution in [0.15, 0.2) is 40.9 Å². The summed E-state index contributed by atoms with van der Waals surface area (Å²) in [6, 6.07) is 8.60. The van der Waals surface area contributed by atoms with Gasteiger partial charge in [-0.1, -0.05) is 22.0 Å². The number of aliphatic hydroxyl groups excluding tert-OH is 1. The van der Waals surface area contributed by atoms with E-state index in [0.29, 0.717) is 11.3 Å². The zero-order valence-electron chi connectivity index (χ0n) is 9.91. The van der Waals surface area contributed by atoms with Gasteiger partial charge in [0, 0.05) is 27.7 Å². The highest BCUT2D eigenvalue weighted by molar-refractivity contribution is 9.10. The molecule has 0 spiro atoms. The van der Waals surface area contributed by atoms with Crippen LogP contribution in [0.5, 0.6) is 0 Å². The first-order chi connectivity index (χ1) is 8.99. The molecule has 0 aliphatic carbocycles. The average Bonchev–Trinajstić information content (AvgIpc) is 2.37. The van der Waals surface area contributed by atoms with Crippen LogP contribution in [0.1, 0.15) is 17.2 Å². The Balaban J connectivity index is 2.31. The third-order valence-electron chi connectivity index (χ3n) is 2.87. The SMILES string of the molecule is Nc1ccc(Br)cc1C(O)Cc1c(F)cccc1F. The van der Waals surface area contributed by atoms with Gasteiger partial charge in [-0.2, -0.15) is 0 Å². The number of hydrogen-bond donors (Lipinski definition) is 2. The van der Waals surface area contributed by atoms with Crippen molar-refractivity contribution in [1.82, 2.24) is 0 Å². The van der Waals surface area contributed by atoms with Crippen LogP contribution < -0.4 is 5.73 Å². The molecule has 1 unspecified atom stereocenters. The lowest BCUT2D eigenvalue weighted by molar-refractivity contribution is 0.176. The first kappa shape index (κ1) is 14.0.